The number of halogens is 1. The third-order valence-electron chi connectivity index (χ3n) is 2.07. The van der Waals surface area contributed by atoms with Crippen molar-refractivity contribution in [2.24, 2.45) is 0 Å². The van der Waals surface area contributed by atoms with Gasteiger partial charge < -0.3 is 0 Å². The summed E-state index contributed by atoms with van der Waals surface area (Å²) < 4.78 is 1.64. The number of unbranched alkanes of at least 4 members (excludes halogenated alkanes) is 3. The number of aryl methyl sites for hydroxylation is 1. The van der Waals surface area contributed by atoms with E-state index >= 15 is 0 Å². The van der Waals surface area contributed by atoms with E-state index in [2.05, 4.69) is 4.98 Å². The predicted molar refractivity (Wildman–Crippen MR) is 57.7 cm³/mol. The first-order valence-electron chi connectivity index (χ1n) is 4.92. The van der Waals surface area contributed by atoms with Gasteiger partial charge in [0, 0.05) is 24.8 Å². The molecule has 1 rings (SSSR count). The summed E-state index contributed by atoms with van der Waals surface area (Å²) in [5.74, 6) is 0.729. The van der Waals surface area contributed by atoms with E-state index in [0.29, 0.717) is 0 Å². The van der Waals surface area contributed by atoms with Gasteiger partial charge in [0.25, 0.3) is 0 Å². The summed E-state index contributed by atoms with van der Waals surface area (Å²) in [5.41, 5.74) is -0.162. The van der Waals surface area contributed by atoms with Crippen LogP contribution in [0.15, 0.2) is 23.3 Å². The number of rotatable bonds is 6. The van der Waals surface area contributed by atoms with Crippen molar-refractivity contribution in [1.29, 1.82) is 0 Å². The van der Waals surface area contributed by atoms with Crippen LogP contribution in [0.5, 0.6) is 0 Å². The van der Waals surface area contributed by atoms with Crippen molar-refractivity contribution in [3.63, 3.8) is 0 Å². The van der Waals surface area contributed by atoms with Gasteiger partial charge in [0.05, 0.1) is 0 Å². The van der Waals surface area contributed by atoms with Crippen molar-refractivity contribution in [2.45, 2.75) is 32.2 Å². The molecule has 0 aliphatic carbocycles. The zero-order valence-electron chi connectivity index (χ0n) is 8.16. The molecule has 0 saturated heterocycles. The Bertz CT molecular complexity index is 311. The van der Waals surface area contributed by atoms with Crippen LogP contribution in [-0.2, 0) is 6.54 Å². The molecule has 0 amide bonds. The van der Waals surface area contributed by atoms with Gasteiger partial charge >= 0.3 is 5.69 Å². The van der Waals surface area contributed by atoms with E-state index in [4.69, 9.17) is 11.6 Å². The van der Waals surface area contributed by atoms with E-state index in [9.17, 15) is 4.79 Å². The Hall–Kier alpha value is -0.830. The Kier molecular flexibility index (Phi) is 5.30. The highest BCUT2D eigenvalue weighted by Crippen LogP contribution is 2.01. The summed E-state index contributed by atoms with van der Waals surface area (Å²) >= 11 is 5.56. The molecule has 0 bridgehead atoms. The lowest BCUT2D eigenvalue weighted by Crippen LogP contribution is -2.21. The van der Waals surface area contributed by atoms with Gasteiger partial charge in [-0.3, -0.25) is 4.57 Å². The maximum atomic E-state index is 11.2. The second kappa shape index (κ2) is 6.60. The normalized spacial score (nSPS) is 10.4. The maximum absolute atomic E-state index is 11.2. The van der Waals surface area contributed by atoms with Crippen molar-refractivity contribution < 1.29 is 0 Å². The van der Waals surface area contributed by atoms with E-state index in [1.807, 2.05) is 0 Å². The third-order valence-corrected chi connectivity index (χ3v) is 2.33. The fourth-order valence-electron chi connectivity index (χ4n) is 1.29. The van der Waals surface area contributed by atoms with Gasteiger partial charge in [-0.05, 0) is 18.9 Å². The van der Waals surface area contributed by atoms with Gasteiger partial charge in [-0.2, -0.15) is 0 Å². The van der Waals surface area contributed by atoms with Crippen LogP contribution in [0.4, 0.5) is 0 Å². The number of aromatic nitrogens is 2. The molecular weight excluding hydrogens is 200 g/mol. The van der Waals surface area contributed by atoms with Crippen molar-refractivity contribution >= 4 is 11.6 Å². The van der Waals surface area contributed by atoms with E-state index in [-0.39, 0.29) is 5.69 Å². The van der Waals surface area contributed by atoms with Gasteiger partial charge in [-0.1, -0.05) is 12.8 Å². The van der Waals surface area contributed by atoms with E-state index in [1.165, 1.54) is 6.20 Å². The Labute approximate surface area is 88.7 Å². The summed E-state index contributed by atoms with van der Waals surface area (Å²) in [6, 6.07) is 1.78. The van der Waals surface area contributed by atoms with Gasteiger partial charge in [0.15, 0.2) is 0 Å². The van der Waals surface area contributed by atoms with Crippen LogP contribution in [0, 0.1) is 0 Å². The van der Waals surface area contributed by atoms with Gasteiger partial charge in [0.1, 0.15) is 0 Å². The molecule has 0 aromatic carbocycles. The van der Waals surface area contributed by atoms with Crippen LogP contribution in [0.2, 0.25) is 0 Å². The van der Waals surface area contributed by atoms with Gasteiger partial charge in [-0.25, -0.2) is 9.78 Å². The highest BCUT2D eigenvalue weighted by molar-refractivity contribution is 6.17. The average molecular weight is 215 g/mol. The minimum absolute atomic E-state index is 0.162. The first-order chi connectivity index (χ1) is 6.84. The van der Waals surface area contributed by atoms with Crippen molar-refractivity contribution in [2.75, 3.05) is 5.88 Å². The topological polar surface area (TPSA) is 34.9 Å². The molecule has 78 valence electrons. The SMILES string of the molecule is O=c1ncccn1CCCCCCCl. The molecule has 4 heteroatoms. The molecule has 0 radical (unpaired) electrons. The first-order valence-corrected chi connectivity index (χ1v) is 5.45. The van der Waals surface area contributed by atoms with E-state index in [0.717, 1.165) is 38.1 Å². The Morgan fingerprint density at radius 2 is 2.07 bits per heavy atom. The van der Waals surface area contributed by atoms with Crippen molar-refractivity contribution in [1.82, 2.24) is 9.55 Å². The number of hydrogen-bond donors (Lipinski definition) is 0. The minimum atomic E-state index is -0.162. The smallest absolute Gasteiger partial charge is 0.299 e. The Balaban J connectivity index is 2.25. The van der Waals surface area contributed by atoms with Crippen LogP contribution in [-0.4, -0.2) is 15.4 Å². The Morgan fingerprint density at radius 1 is 1.29 bits per heavy atom. The van der Waals surface area contributed by atoms with Crippen molar-refractivity contribution in [3.8, 4) is 0 Å². The van der Waals surface area contributed by atoms with Crippen LogP contribution in [0.1, 0.15) is 25.7 Å². The molecule has 1 heterocycles. The highest BCUT2D eigenvalue weighted by atomic mass is 35.5. The van der Waals surface area contributed by atoms with Crippen LogP contribution in [0.25, 0.3) is 0 Å². The molecule has 14 heavy (non-hydrogen) atoms. The molecule has 1 aromatic rings. The standard InChI is InChI=1S/C10H15ClN2O/c11-6-3-1-2-4-8-13-9-5-7-12-10(13)14/h5,7,9H,1-4,6,8H2. The third kappa shape index (κ3) is 3.92. The molecule has 0 unspecified atom stereocenters. The molecule has 1 aromatic heterocycles. The highest BCUT2D eigenvalue weighted by Gasteiger charge is 1.94. The van der Waals surface area contributed by atoms with Crippen LogP contribution in [0.3, 0.4) is 0 Å². The molecule has 0 fully saturated rings. The second-order valence-corrected chi connectivity index (χ2v) is 3.58. The fraction of sp³-hybridized carbons (Fsp3) is 0.600. The number of hydrogen-bond acceptors (Lipinski definition) is 2. The summed E-state index contributed by atoms with van der Waals surface area (Å²) in [6.45, 7) is 0.759. The van der Waals surface area contributed by atoms with Gasteiger partial charge in [0.2, 0.25) is 0 Å². The van der Waals surface area contributed by atoms with E-state index < -0.39 is 0 Å². The fourth-order valence-corrected chi connectivity index (χ4v) is 1.48. The zero-order valence-corrected chi connectivity index (χ0v) is 8.91. The second-order valence-electron chi connectivity index (χ2n) is 3.20. The van der Waals surface area contributed by atoms with Crippen molar-refractivity contribution in [3.05, 3.63) is 28.9 Å². The zero-order chi connectivity index (χ0) is 10.2. The Morgan fingerprint density at radius 3 is 2.79 bits per heavy atom. The summed E-state index contributed by atoms with van der Waals surface area (Å²) in [4.78, 5) is 14.9. The molecular formula is C10H15ClN2O. The average Bonchev–Trinajstić information content (AvgIpc) is 2.20. The minimum Gasteiger partial charge on any atom is -0.299 e. The molecule has 0 aliphatic heterocycles. The molecule has 0 N–H and O–H groups in total. The molecule has 0 atom stereocenters. The quantitative estimate of drug-likeness (QED) is 0.537. The van der Waals surface area contributed by atoms with Crippen LogP contribution >= 0.6 is 11.6 Å². The lowest BCUT2D eigenvalue weighted by molar-refractivity contribution is 0.562. The number of alkyl halides is 1. The lowest BCUT2D eigenvalue weighted by Gasteiger charge is -2.02. The summed E-state index contributed by atoms with van der Waals surface area (Å²) in [7, 11) is 0. The summed E-state index contributed by atoms with van der Waals surface area (Å²) in [6.07, 6.45) is 7.63. The summed E-state index contributed by atoms with van der Waals surface area (Å²) in [5, 5.41) is 0. The largest absolute Gasteiger partial charge is 0.347 e. The molecule has 3 nitrogen and oxygen atoms in total. The monoisotopic (exact) mass is 214 g/mol. The molecule has 0 saturated carbocycles. The predicted octanol–water partition coefficient (Wildman–Crippen LogP) is 2.04. The maximum Gasteiger partial charge on any atom is 0.347 e. The molecule has 0 spiro atoms. The van der Waals surface area contributed by atoms with Gasteiger partial charge in [-0.15, -0.1) is 11.6 Å². The number of nitrogens with zero attached hydrogens (tertiary/aromatic N) is 2. The first kappa shape index (κ1) is 11.2. The molecule has 0 aliphatic rings. The lowest BCUT2D eigenvalue weighted by atomic mass is 10.2. The van der Waals surface area contributed by atoms with E-state index in [1.54, 1.807) is 16.8 Å². The van der Waals surface area contributed by atoms with Crippen LogP contribution < -0.4 is 5.69 Å².